The number of hydrogen-bond donors (Lipinski definition) is 2. The van der Waals surface area contributed by atoms with E-state index in [4.69, 9.17) is 16.2 Å². The molecule has 1 saturated heterocycles. The van der Waals surface area contributed by atoms with Gasteiger partial charge in [0, 0.05) is 6.54 Å². The molecule has 0 saturated carbocycles. The molecule has 1 aromatic heterocycles. The first-order chi connectivity index (χ1) is 10.7. The average Bonchev–Trinajstić information content (AvgIpc) is 2.47. The molecule has 1 atom stereocenters. The van der Waals surface area contributed by atoms with E-state index in [1.807, 2.05) is 0 Å². The fraction of sp³-hybridized carbons (Fsp3) is 0.706. The summed E-state index contributed by atoms with van der Waals surface area (Å²) in [5.74, 6) is 0.816. The molecule has 1 unspecified atom stereocenters. The fourth-order valence-corrected chi connectivity index (χ4v) is 3.23. The molecule has 2 rings (SSSR count). The number of anilines is 3. The summed E-state index contributed by atoms with van der Waals surface area (Å²) in [4.78, 5) is 6.63. The Balaban J connectivity index is 2.11. The quantitative estimate of drug-likeness (QED) is 0.807. The number of quaternary nitrogens is 1. The lowest BCUT2D eigenvalue weighted by Crippen LogP contribution is -2.60. The number of hydrogen-bond acceptors (Lipinski definition) is 5. The number of likely N-dealkylation sites (N-methyl/N-ethyl adjacent to an activating group) is 1. The highest BCUT2D eigenvalue weighted by Gasteiger charge is 2.35. The number of pyridine rings is 1. The molecular formula is C17H32N5O+. The number of nitrogen functional groups attached to an aromatic ring is 2. The molecule has 2 heterocycles. The molecule has 1 fully saturated rings. The van der Waals surface area contributed by atoms with E-state index in [9.17, 15) is 0 Å². The van der Waals surface area contributed by atoms with Crippen LogP contribution in [-0.4, -0.2) is 60.9 Å². The van der Waals surface area contributed by atoms with Crippen LogP contribution in [0.4, 0.5) is 17.2 Å². The summed E-state index contributed by atoms with van der Waals surface area (Å²) in [6, 6.07) is 2.87. The van der Waals surface area contributed by atoms with Crippen LogP contribution in [0.25, 0.3) is 0 Å². The predicted octanol–water partition coefficient (Wildman–Crippen LogP) is 1.71. The summed E-state index contributed by atoms with van der Waals surface area (Å²) >= 11 is 0. The van der Waals surface area contributed by atoms with Crippen molar-refractivity contribution in [3.63, 3.8) is 0 Å². The van der Waals surface area contributed by atoms with E-state index in [1.165, 1.54) is 0 Å². The third-order valence-electron chi connectivity index (χ3n) is 5.31. The van der Waals surface area contributed by atoms with Crippen molar-refractivity contribution in [3.8, 4) is 0 Å². The molecule has 0 aliphatic carbocycles. The molecule has 1 aliphatic rings. The zero-order valence-corrected chi connectivity index (χ0v) is 15.1. The van der Waals surface area contributed by atoms with E-state index in [0.29, 0.717) is 30.1 Å². The Bertz CT molecular complexity index is 524. The van der Waals surface area contributed by atoms with E-state index < -0.39 is 0 Å². The number of rotatable bonds is 5. The van der Waals surface area contributed by atoms with Crippen molar-refractivity contribution in [2.75, 3.05) is 49.7 Å². The number of nitrogens with two attached hydrogens (primary N) is 2. The lowest BCUT2D eigenvalue weighted by molar-refractivity contribution is -0.951. The predicted molar refractivity (Wildman–Crippen MR) is 96.3 cm³/mol. The van der Waals surface area contributed by atoms with Crippen LogP contribution in [0.5, 0.6) is 0 Å². The van der Waals surface area contributed by atoms with Crippen molar-refractivity contribution in [1.29, 1.82) is 0 Å². The Hall–Kier alpha value is -1.53. The molecule has 23 heavy (non-hydrogen) atoms. The van der Waals surface area contributed by atoms with Crippen LogP contribution in [0.1, 0.15) is 27.7 Å². The molecule has 0 aromatic carbocycles. The van der Waals surface area contributed by atoms with Crippen LogP contribution in [0.2, 0.25) is 0 Å². The molecule has 6 heteroatoms. The van der Waals surface area contributed by atoms with Gasteiger partial charge >= 0.3 is 0 Å². The van der Waals surface area contributed by atoms with Crippen molar-refractivity contribution < 1.29 is 9.22 Å². The van der Waals surface area contributed by atoms with Crippen LogP contribution in [0.15, 0.2) is 12.3 Å². The summed E-state index contributed by atoms with van der Waals surface area (Å²) in [5, 5.41) is 0. The Morgan fingerprint density at radius 1 is 1.30 bits per heavy atom. The second-order valence-electron chi connectivity index (χ2n) is 7.34. The topological polar surface area (TPSA) is 77.4 Å². The molecular weight excluding hydrogens is 290 g/mol. The minimum absolute atomic E-state index is 0.178. The van der Waals surface area contributed by atoms with Crippen LogP contribution >= 0.6 is 0 Å². The second-order valence-corrected chi connectivity index (χ2v) is 7.34. The van der Waals surface area contributed by atoms with Crippen molar-refractivity contribution >= 4 is 17.2 Å². The van der Waals surface area contributed by atoms with Gasteiger partial charge < -0.3 is 25.6 Å². The van der Waals surface area contributed by atoms with Crippen LogP contribution in [-0.2, 0) is 4.74 Å². The molecule has 0 amide bonds. The van der Waals surface area contributed by atoms with Gasteiger partial charge in [0.15, 0.2) is 5.82 Å². The maximum Gasteiger partial charge on any atom is 0.152 e. The standard InChI is InChI=1S/C17H32N5O/c1-12(2)22(5,13(3)4)11-15-10-21(6-7-23-15)17-16(19)8-14(18)9-20-17/h8-9,12-13,15H,6-7,10-11,18-19H2,1-5H3/q+1. The van der Waals surface area contributed by atoms with E-state index in [2.05, 4.69) is 44.6 Å². The van der Waals surface area contributed by atoms with Crippen molar-refractivity contribution in [2.24, 2.45) is 0 Å². The first-order valence-electron chi connectivity index (χ1n) is 8.46. The van der Waals surface area contributed by atoms with E-state index >= 15 is 0 Å². The highest BCUT2D eigenvalue weighted by atomic mass is 16.5. The van der Waals surface area contributed by atoms with Crippen LogP contribution in [0, 0.1) is 0 Å². The van der Waals surface area contributed by atoms with Gasteiger partial charge in [-0.3, -0.25) is 0 Å². The third kappa shape index (κ3) is 3.87. The molecule has 0 bridgehead atoms. The number of morpholine rings is 1. The highest BCUT2D eigenvalue weighted by molar-refractivity contribution is 5.67. The monoisotopic (exact) mass is 322 g/mol. The molecule has 1 aromatic rings. The third-order valence-corrected chi connectivity index (χ3v) is 5.31. The van der Waals surface area contributed by atoms with Crippen LogP contribution < -0.4 is 16.4 Å². The van der Waals surface area contributed by atoms with Crippen molar-refractivity contribution in [3.05, 3.63) is 12.3 Å². The minimum atomic E-state index is 0.178. The maximum absolute atomic E-state index is 6.09. The molecule has 0 spiro atoms. The van der Waals surface area contributed by atoms with E-state index in [0.717, 1.165) is 29.9 Å². The van der Waals surface area contributed by atoms with Gasteiger partial charge in [-0.1, -0.05) is 0 Å². The summed E-state index contributed by atoms with van der Waals surface area (Å²) < 4.78 is 7.03. The molecule has 130 valence electrons. The van der Waals surface area contributed by atoms with Gasteiger partial charge in [-0.05, 0) is 33.8 Å². The lowest BCUT2D eigenvalue weighted by Gasteiger charge is -2.46. The first-order valence-corrected chi connectivity index (χ1v) is 8.46. The Kier molecular flexibility index (Phi) is 5.37. The van der Waals surface area contributed by atoms with Gasteiger partial charge in [0.25, 0.3) is 0 Å². The number of ether oxygens (including phenoxy) is 1. The van der Waals surface area contributed by atoms with E-state index in [1.54, 1.807) is 12.3 Å². The van der Waals surface area contributed by atoms with Gasteiger partial charge in [-0.2, -0.15) is 0 Å². The zero-order chi connectivity index (χ0) is 17.2. The van der Waals surface area contributed by atoms with Gasteiger partial charge in [0.1, 0.15) is 12.6 Å². The highest BCUT2D eigenvalue weighted by Crippen LogP contribution is 2.26. The summed E-state index contributed by atoms with van der Waals surface area (Å²) in [6.45, 7) is 12.4. The summed E-state index contributed by atoms with van der Waals surface area (Å²) in [5.41, 5.74) is 13.1. The smallest absolute Gasteiger partial charge is 0.152 e. The first kappa shape index (κ1) is 17.8. The Morgan fingerprint density at radius 3 is 2.52 bits per heavy atom. The van der Waals surface area contributed by atoms with Crippen molar-refractivity contribution in [1.82, 2.24) is 4.98 Å². The number of aromatic nitrogens is 1. The SMILES string of the molecule is CC(C)[N+](C)(CC1CN(c2ncc(N)cc2N)CCO1)C(C)C. The molecule has 4 N–H and O–H groups in total. The zero-order valence-electron chi connectivity index (χ0n) is 15.1. The fourth-order valence-electron chi connectivity index (χ4n) is 3.23. The molecule has 0 radical (unpaired) electrons. The van der Waals surface area contributed by atoms with Crippen LogP contribution in [0.3, 0.4) is 0 Å². The van der Waals surface area contributed by atoms with E-state index in [-0.39, 0.29) is 6.10 Å². The number of nitrogens with zero attached hydrogens (tertiary/aromatic N) is 3. The molecule has 6 nitrogen and oxygen atoms in total. The lowest BCUT2D eigenvalue weighted by atomic mass is 10.1. The maximum atomic E-state index is 6.09. The molecule has 1 aliphatic heterocycles. The minimum Gasteiger partial charge on any atom is -0.397 e. The van der Waals surface area contributed by atoms with Gasteiger partial charge in [0.05, 0.1) is 49.9 Å². The van der Waals surface area contributed by atoms with Gasteiger partial charge in [-0.15, -0.1) is 0 Å². The largest absolute Gasteiger partial charge is 0.397 e. The van der Waals surface area contributed by atoms with Gasteiger partial charge in [-0.25, -0.2) is 4.98 Å². The Labute approximate surface area is 140 Å². The summed E-state index contributed by atoms with van der Waals surface area (Å²) in [7, 11) is 2.31. The summed E-state index contributed by atoms with van der Waals surface area (Å²) in [6.07, 6.45) is 1.84. The second kappa shape index (κ2) is 6.93. The average molecular weight is 322 g/mol. The normalized spacial score (nSPS) is 19.6. The van der Waals surface area contributed by atoms with Gasteiger partial charge in [0.2, 0.25) is 0 Å². The Morgan fingerprint density at radius 2 is 1.96 bits per heavy atom. The van der Waals surface area contributed by atoms with Crippen molar-refractivity contribution in [2.45, 2.75) is 45.9 Å².